The number of aliphatic hydroxyl groups is 1. The molecule has 53 heavy (non-hydrogen) atoms. The Bertz CT molecular complexity index is 1790. The van der Waals surface area contributed by atoms with E-state index in [0.29, 0.717) is 36.4 Å². The molecule has 1 aromatic heterocycles. The molecule has 12 heteroatoms. The Morgan fingerprint density at radius 2 is 1.51 bits per heavy atom. The highest BCUT2D eigenvalue weighted by Crippen LogP contribution is 2.45. The Morgan fingerprint density at radius 3 is 2.06 bits per heavy atom. The second kappa shape index (κ2) is 15.6. The van der Waals surface area contributed by atoms with Crippen molar-refractivity contribution in [2.45, 2.75) is 89.4 Å². The first kappa shape index (κ1) is 38.5. The minimum Gasteiger partial charge on any atom is -0.497 e. The van der Waals surface area contributed by atoms with E-state index in [1.165, 1.54) is 0 Å². The summed E-state index contributed by atoms with van der Waals surface area (Å²) in [4.78, 5) is 9.22. The normalized spacial score (nSPS) is 21.3. The Kier molecular flexibility index (Phi) is 11.4. The highest BCUT2D eigenvalue weighted by atomic mass is 28.4. The number of methoxy groups -OCH3 is 2. The van der Waals surface area contributed by atoms with Crippen LogP contribution in [0.4, 0.5) is 5.82 Å². The van der Waals surface area contributed by atoms with Crippen molar-refractivity contribution >= 4 is 20.1 Å². The van der Waals surface area contributed by atoms with Crippen LogP contribution in [-0.4, -0.2) is 68.5 Å². The SMILES string of the molecule is COc1ccc(C(OC[C@H]2O[C@@H](n3cnc4c3NC(=NCC(C)C)NC4O)C[C@H]2O[Si](C)(C)C(C)(C)C)(c2ccccc2)c2ccc(OC)cc2)cc1. The predicted octanol–water partition coefficient (Wildman–Crippen LogP) is 7.60. The fourth-order valence-corrected chi connectivity index (χ4v) is 7.97. The number of hydrogen-bond donors (Lipinski definition) is 3. The van der Waals surface area contributed by atoms with Gasteiger partial charge in [-0.2, -0.15) is 0 Å². The minimum absolute atomic E-state index is 0.0240. The molecule has 1 fully saturated rings. The Morgan fingerprint density at radius 1 is 0.925 bits per heavy atom. The first-order valence-electron chi connectivity index (χ1n) is 18.4. The van der Waals surface area contributed by atoms with Gasteiger partial charge in [0, 0.05) is 13.0 Å². The number of imidazole rings is 1. The Hall–Kier alpha value is -4.20. The molecule has 2 aliphatic rings. The molecule has 6 rings (SSSR count). The lowest BCUT2D eigenvalue weighted by Gasteiger charge is -2.40. The molecule has 3 heterocycles. The summed E-state index contributed by atoms with van der Waals surface area (Å²) in [6.45, 7) is 16.3. The lowest BCUT2D eigenvalue weighted by molar-refractivity contribution is -0.0917. The van der Waals surface area contributed by atoms with Crippen molar-refractivity contribution in [1.82, 2.24) is 14.9 Å². The van der Waals surface area contributed by atoms with Gasteiger partial charge in [-0.15, -0.1) is 0 Å². The largest absolute Gasteiger partial charge is 0.497 e. The summed E-state index contributed by atoms with van der Waals surface area (Å²) in [6.07, 6.45) is 0.128. The van der Waals surface area contributed by atoms with Crippen LogP contribution < -0.4 is 20.1 Å². The molecule has 284 valence electrons. The summed E-state index contributed by atoms with van der Waals surface area (Å²) in [7, 11) is 1.07. The van der Waals surface area contributed by atoms with Crippen molar-refractivity contribution in [3.8, 4) is 11.5 Å². The second-order valence-corrected chi connectivity index (χ2v) is 20.5. The number of ether oxygens (including phenoxy) is 4. The smallest absolute Gasteiger partial charge is 0.199 e. The molecule has 0 saturated carbocycles. The molecule has 1 saturated heterocycles. The number of anilines is 1. The van der Waals surface area contributed by atoms with Gasteiger partial charge in [0.1, 0.15) is 40.9 Å². The molecule has 0 spiro atoms. The van der Waals surface area contributed by atoms with Gasteiger partial charge in [0.25, 0.3) is 0 Å². The van der Waals surface area contributed by atoms with Gasteiger partial charge in [0.15, 0.2) is 20.5 Å². The van der Waals surface area contributed by atoms with Crippen molar-refractivity contribution in [3.63, 3.8) is 0 Å². The highest BCUT2D eigenvalue weighted by molar-refractivity contribution is 6.74. The number of hydrogen-bond acceptors (Lipinski definition) is 8. The number of aliphatic hydroxyl groups excluding tert-OH is 1. The van der Waals surface area contributed by atoms with E-state index in [4.69, 9.17) is 23.4 Å². The van der Waals surface area contributed by atoms with Gasteiger partial charge in [0.2, 0.25) is 0 Å². The van der Waals surface area contributed by atoms with Crippen LogP contribution in [0, 0.1) is 5.92 Å². The lowest BCUT2D eigenvalue weighted by Crippen LogP contribution is -2.47. The topological polar surface area (TPSA) is 121 Å². The molecule has 0 bridgehead atoms. The van der Waals surface area contributed by atoms with Gasteiger partial charge in [-0.3, -0.25) is 9.56 Å². The molecular weight excluding hydrogens is 687 g/mol. The van der Waals surface area contributed by atoms with E-state index in [1.807, 2.05) is 47.0 Å². The van der Waals surface area contributed by atoms with Gasteiger partial charge in [-0.25, -0.2) is 4.98 Å². The summed E-state index contributed by atoms with van der Waals surface area (Å²) in [5.41, 5.74) is 2.31. The van der Waals surface area contributed by atoms with E-state index in [-0.39, 0.29) is 17.7 Å². The maximum absolute atomic E-state index is 11.0. The van der Waals surface area contributed by atoms with Crippen molar-refractivity contribution in [2.75, 3.05) is 32.7 Å². The van der Waals surface area contributed by atoms with Crippen molar-refractivity contribution < 1.29 is 28.5 Å². The highest BCUT2D eigenvalue weighted by Gasteiger charge is 2.47. The van der Waals surface area contributed by atoms with Crippen LogP contribution in [0.1, 0.15) is 75.9 Å². The molecule has 4 atom stereocenters. The number of guanidine groups is 1. The van der Waals surface area contributed by atoms with Crippen molar-refractivity contribution in [1.29, 1.82) is 0 Å². The Balaban J connectivity index is 1.40. The number of fused-ring (bicyclic) bond motifs is 1. The van der Waals surface area contributed by atoms with Gasteiger partial charge in [0.05, 0.1) is 33.3 Å². The molecule has 11 nitrogen and oxygen atoms in total. The van der Waals surface area contributed by atoms with Crippen LogP contribution in [0.5, 0.6) is 11.5 Å². The maximum Gasteiger partial charge on any atom is 0.199 e. The van der Waals surface area contributed by atoms with E-state index < -0.39 is 32.5 Å². The summed E-state index contributed by atoms with van der Waals surface area (Å²) < 4.78 is 34.5. The third kappa shape index (κ3) is 8.02. The summed E-state index contributed by atoms with van der Waals surface area (Å²) in [5.74, 6) is 3.02. The average molecular weight is 742 g/mol. The quantitative estimate of drug-likeness (QED) is 0.0940. The third-order valence-corrected chi connectivity index (χ3v) is 15.1. The van der Waals surface area contributed by atoms with Crippen LogP contribution in [0.2, 0.25) is 18.1 Å². The summed E-state index contributed by atoms with van der Waals surface area (Å²) in [5, 5.41) is 17.3. The lowest BCUT2D eigenvalue weighted by atomic mass is 9.80. The van der Waals surface area contributed by atoms with Gasteiger partial charge < -0.3 is 39.1 Å². The third-order valence-electron chi connectivity index (χ3n) is 10.6. The zero-order valence-electron chi connectivity index (χ0n) is 32.4. The number of benzene rings is 3. The number of rotatable bonds is 13. The van der Waals surface area contributed by atoms with E-state index in [0.717, 1.165) is 28.2 Å². The van der Waals surface area contributed by atoms with Crippen molar-refractivity contribution in [3.05, 3.63) is 108 Å². The zero-order valence-corrected chi connectivity index (χ0v) is 33.4. The molecule has 0 radical (unpaired) electrons. The minimum atomic E-state index is -2.26. The molecular formula is C41H55N5O6Si. The molecule has 1 unspecified atom stereocenters. The molecule has 2 aliphatic heterocycles. The van der Waals surface area contributed by atoms with Gasteiger partial charge in [-0.05, 0) is 65.0 Å². The molecule has 3 aromatic carbocycles. The second-order valence-electron chi connectivity index (χ2n) is 15.7. The maximum atomic E-state index is 11.0. The average Bonchev–Trinajstić information content (AvgIpc) is 3.75. The first-order chi connectivity index (χ1) is 25.3. The monoisotopic (exact) mass is 741 g/mol. The van der Waals surface area contributed by atoms with E-state index in [9.17, 15) is 5.11 Å². The Labute approximate surface area is 314 Å². The summed E-state index contributed by atoms with van der Waals surface area (Å²) >= 11 is 0. The predicted molar refractivity (Wildman–Crippen MR) is 210 cm³/mol. The fraction of sp³-hybridized carbons (Fsp3) is 0.463. The van der Waals surface area contributed by atoms with Crippen LogP contribution in [0.25, 0.3) is 0 Å². The summed E-state index contributed by atoms with van der Waals surface area (Å²) in [6, 6.07) is 26.3. The van der Waals surface area contributed by atoms with Gasteiger partial charge in [-0.1, -0.05) is 89.2 Å². The standard InChI is InChI=1S/C41H55N5O6Si/c1-27(2)24-42-39-44-37-36(38(47)45-39)43-26-46(37)35-23-33(52-53(8,9)40(3,4)5)34(51-35)25-50-41(28-13-11-10-12-14-28,29-15-19-31(48-6)20-16-29)30-17-21-32(49-7)22-18-30/h10-22,26-27,33-35,38,47H,23-25H2,1-9H3,(H2,42,44,45)/t33-,34-,35-,38?/m1/s1. The van der Waals surface area contributed by atoms with E-state index >= 15 is 0 Å². The number of aromatic nitrogens is 2. The van der Waals surface area contributed by atoms with Gasteiger partial charge >= 0.3 is 0 Å². The zero-order chi connectivity index (χ0) is 38.0. The molecule has 0 amide bonds. The van der Waals surface area contributed by atoms with E-state index in [1.54, 1.807) is 20.5 Å². The van der Waals surface area contributed by atoms with Crippen LogP contribution >= 0.6 is 0 Å². The number of nitrogens with zero attached hydrogens (tertiary/aromatic N) is 3. The van der Waals surface area contributed by atoms with Crippen LogP contribution in [0.15, 0.2) is 90.2 Å². The molecule has 4 aromatic rings. The van der Waals surface area contributed by atoms with Crippen LogP contribution in [-0.2, 0) is 19.5 Å². The van der Waals surface area contributed by atoms with Crippen molar-refractivity contribution in [2.24, 2.45) is 10.9 Å². The van der Waals surface area contributed by atoms with E-state index in [2.05, 4.69) is 105 Å². The fourth-order valence-electron chi connectivity index (χ4n) is 6.61. The molecule has 0 aliphatic carbocycles. The number of nitrogens with one attached hydrogen (secondary N) is 2. The number of aliphatic imine (C=N–C) groups is 1. The molecule has 3 N–H and O–H groups in total. The first-order valence-corrected chi connectivity index (χ1v) is 21.3. The van der Waals surface area contributed by atoms with Crippen LogP contribution in [0.3, 0.4) is 0 Å².